The predicted molar refractivity (Wildman–Crippen MR) is 75.3 cm³/mol. The quantitative estimate of drug-likeness (QED) is 0.662. The second kappa shape index (κ2) is 7.59. The van der Waals surface area contributed by atoms with Crippen molar-refractivity contribution in [1.82, 2.24) is 10.2 Å². The molecule has 1 saturated heterocycles. The Labute approximate surface area is 120 Å². The summed E-state index contributed by atoms with van der Waals surface area (Å²) in [6, 6.07) is -0.398. The molecule has 0 aromatic carbocycles. The van der Waals surface area contributed by atoms with Crippen LogP contribution in [0.15, 0.2) is 0 Å². The summed E-state index contributed by atoms with van der Waals surface area (Å²) in [5.41, 5.74) is -0.807. The molecule has 1 unspecified atom stereocenters. The van der Waals surface area contributed by atoms with Gasteiger partial charge < -0.3 is 19.7 Å². The molecule has 1 atom stereocenters. The molecule has 1 N–H and O–H groups in total. The van der Waals surface area contributed by atoms with E-state index >= 15 is 0 Å². The maximum Gasteiger partial charge on any atom is 0.248 e. The van der Waals surface area contributed by atoms with Gasteiger partial charge in [0.2, 0.25) is 11.8 Å². The summed E-state index contributed by atoms with van der Waals surface area (Å²) in [6.45, 7) is 7.65. The van der Waals surface area contributed by atoms with Gasteiger partial charge >= 0.3 is 0 Å². The molecule has 1 heterocycles. The molecular formula is C14H26N2O4. The fourth-order valence-electron chi connectivity index (χ4n) is 2.17. The van der Waals surface area contributed by atoms with E-state index in [2.05, 4.69) is 5.32 Å². The van der Waals surface area contributed by atoms with Crippen LogP contribution in [0.1, 0.15) is 33.6 Å². The van der Waals surface area contributed by atoms with Crippen LogP contribution < -0.4 is 5.32 Å². The molecule has 1 aliphatic heterocycles. The Bertz CT molecular complexity index is 344. The Morgan fingerprint density at radius 2 is 1.90 bits per heavy atom. The molecule has 0 radical (unpaired) electrons. The fourth-order valence-corrected chi connectivity index (χ4v) is 2.17. The number of nitrogens with zero attached hydrogens (tertiary/aromatic N) is 1. The number of carbonyl (C=O) groups is 2. The monoisotopic (exact) mass is 286 g/mol. The minimum atomic E-state index is -0.807. The van der Waals surface area contributed by atoms with Gasteiger partial charge in [0, 0.05) is 20.3 Å². The highest BCUT2D eigenvalue weighted by Gasteiger charge is 2.42. The van der Waals surface area contributed by atoms with Crippen LogP contribution in [0, 0.1) is 0 Å². The van der Waals surface area contributed by atoms with Crippen molar-refractivity contribution in [3.8, 4) is 0 Å². The molecule has 20 heavy (non-hydrogen) atoms. The number of amides is 2. The van der Waals surface area contributed by atoms with Gasteiger partial charge in [0.1, 0.15) is 11.6 Å². The standard InChI is InChI=1S/C14H26N2O4/c1-11-12(17)15-14(2,3)13(18)16(11)7-5-6-8-20-10-9-19-4/h11H,5-10H2,1-4H3,(H,15,17). The van der Waals surface area contributed by atoms with Crippen LogP contribution in [0.25, 0.3) is 0 Å². The van der Waals surface area contributed by atoms with Crippen LogP contribution in [0.5, 0.6) is 0 Å². The zero-order chi connectivity index (χ0) is 15.2. The van der Waals surface area contributed by atoms with Gasteiger partial charge in [0.15, 0.2) is 0 Å². The molecule has 6 heteroatoms. The van der Waals surface area contributed by atoms with Crippen molar-refractivity contribution in [3.63, 3.8) is 0 Å². The van der Waals surface area contributed by atoms with Gasteiger partial charge in [-0.3, -0.25) is 9.59 Å². The maximum atomic E-state index is 12.3. The minimum absolute atomic E-state index is 0.0232. The van der Waals surface area contributed by atoms with Crippen molar-refractivity contribution in [2.45, 2.75) is 45.2 Å². The van der Waals surface area contributed by atoms with Crippen LogP contribution in [-0.2, 0) is 19.1 Å². The number of unbranched alkanes of at least 4 members (excludes halogenated alkanes) is 1. The SMILES string of the molecule is COCCOCCCCN1C(=O)C(C)(C)NC(=O)C1C. The third-order valence-corrected chi connectivity index (χ3v) is 3.45. The molecule has 1 aliphatic rings. The molecule has 116 valence electrons. The molecule has 1 rings (SSSR count). The first kappa shape index (κ1) is 16.9. The molecule has 0 aliphatic carbocycles. The zero-order valence-corrected chi connectivity index (χ0v) is 12.9. The zero-order valence-electron chi connectivity index (χ0n) is 12.9. The topological polar surface area (TPSA) is 67.9 Å². The van der Waals surface area contributed by atoms with Gasteiger partial charge in [0.05, 0.1) is 13.2 Å². The third kappa shape index (κ3) is 4.45. The van der Waals surface area contributed by atoms with Crippen LogP contribution >= 0.6 is 0 Å². The van der Waals surface area contributed by atoms with Crippen LogP contribution in [-0.4, -0.2) is 61.8 Å². The highest BCUT2D eigenvalue weighted by Crippen LogP contribution is 2.18. The van der Waals surface area contributed by atoms with Crippen molar-refractivity contribution in [2.75, 3.05) is 33.5 Å². The lowest BCUT2D eigenvalue weighted by atomic mass is 9.97. The first-order valence-electron chi connectivity index (χ1n) is 7.10. The second-order valence-corrected chi connectivity index (χ2v) is 5.60. The summed E-state index contributed by atoms with van der Waals surface area (Å²) in [4.78, 5) is 25.8. The predicted octanol–water partition coefficient (Wildman–Crippen LogP) is 0.555. The third-order valence-electron chi connectivity index (χ3n) is 3.45. The van der Waals surface area contributed by atoms with Gasteiger partial charge in [-0.1, -0.05) is 0 Å². The Kier molecular flexibility index (Phi) is 6.42. The molecular weight excluding hydrogens is 260 g/mol. The number of carbonyl (C=O) groups excluding carboxylic acids is 2. The summed E-state index contributed by atoms with van der Waals surface area (Å²) in [7, 11) is 1.64. The van der Waals surface area contributed by atoms with Crippen LogP contribution in [0.4, 0.5) is 0 Å². The minimum Gasteiger partial charge on any atom is -0.382 e. The highest BCUT2D eigenvalue weighted by molar-refractivity contribution is 5.99. The van der Waals surface area contributed by atoms with E-state index in [0.29, 0.717) is 26.4 Å². The number of hydrogen-bond donors (Lipinski definition) is 1. The Morgan fingerprint density at radius 1 is 1.20 bits per heavy atom. The molecule has 0 saturated carbocycles. The normalized spacial score (nSPS) is 22.0. The Balaban J connectivity index is 2.33. The summed E-state index contributed by atoms with van der Waals surface area (Å²) >= 11 is 0. The van der Waals surface area contributed by atoms with Crippen LogP contribution in [0.3, 0.4) is 0 Å². The molecule has 1 fully saturated rings. The average molecular weight is 286 g/mol. The van der Waals surface area contributed by atoms with E-state index in [4.69, 9.17) is 9.47 Å². The summed E-state index contributed by atoms with van der Waals surface area (Å²) in [6.07, 6.45) is 1.69. The maximum absolute atomic E-state index is 12.3. The molecule has 2 amide bonds. The summed E-state index contributed by atoms with van der Waals surface area (Å²) < 4.78 is 10.3. The van der Waals surface area contributed by atoms with Crippen LogP contribution in [0.2, 0.25) is 0 Å². The van der Waals surface area contributed by atoms with Crippen molar-refractivity contribution < 1.29 is 19.1 Å². The van der Waals surface area contributed by atoms with Gasteiger partial charge in [-0.15, -0.1) is 0 Å². The molecule has 0 aromatic rings. The lowest BCUT2D eigenvalue weighted by Crippen LogP contribution is -2.67. The number of ether oxygens (including phenoxy) is 2. The molecule has 0 spiro atoms. The number of hydrogen-bond acceptors (Lipinski definition) is 4. The van der Waals surface area contributed by atoms with Crippen molar-refractivity contribution in [3.05, 3.63) is 0 Å². The van der Waals surface area contributed by atoms with Crippen molar-refractivity contribution >= 4 is 11.8 Å². The van der Waals surface area contributed by atoms with E-state index in [1.165, 1.54) is 0 Å². The first-order valence-corrected chi connectivity index (χ1v) is 7.10. The second-order valence-electron chi connectivity index (χ2n) is 5.60. The fraction of sp³-hybridized carbons (Fsp3) is 0.857. The van der Waals surface area contributed by atoms with Gasteiger partial charge in [-0.05, 0) is 33.6 Å². The number of piperazine rings is 1. The van der Waals surface area contributed by atoms with E-state index in [1.807, 2.05) is 0 Å². The van der Waals surface area contributed by atoms with E-state index in [9.17, 15) is 9.59 Å². The van der Waals surface area contributed by atoms with E-state index in [0.717, 1.165) is 12.8 Å². The smallest absolute Gasteiger partial charge is 0.248 e. The first-order chi connectivity index (χ1) is 9.40. The lowest BCUT2D eigenvalue weighted by molar-refractivity contribution is -0.152. The average Bonchev–Trinajstić information content (AvgIpc) is 2.38. The highest BCUT2D eigenvalue weighted by atomic mass is 16.5. The lowest BCUT2D eigenvalue weighted by Gasteiger charge is -2.41. The molecule has 6 nitrogen and oxygen atoms in total. The molecule has 0 bridgehead atoms. The van der Waals surface area contributed by atoms with E-state index in [1.54, 1.807) is 32.8 Å². The molecule has 0 aromatic heterocycles. The van der Waals surface area contributed by atoms with E-state index in [-0.39, 0.29) is 11.8 Å². The van der Waals surface area contributed by atoms with Gasteiger partial charge in [0.25, 0.3) is 0 Å². The largest absolute Gasteiger partial charge is 0.382 e. The van der Waals surface area contributed by atoms with Crippen molar-refractivity contribution in [1.29, 1.82) is 0 Å². The van der Waals surface area contributed by atoms with Crippen molar-refractivity contribution in [2.24, 2.45) is 0 Å². The van der Waals surface area contributed by atoms with Gasteiger partial charge in [-0.2, -0.15) is 0 Å². The Hall–Kier alpha value is -1.14. The Morgan fingerprint density at radius 3 is 2.55 bits per heavy atom. The number of nitrogens with one attached hydrogen (secondary N) is 1. The number of methoxy groups -OCH3 is 1. The number of rotatable bonds is 8. The van der Waals surface area contributed by atoms with Gasteiger partial charge in [-0.25, -0.2) is 0 Å². The summed E-state index contributed by atoms with van der Waals surface area (Å²) in [5, 5.41) is 2.74. The van der Waals surface area contributed by atoms with E-state index < -0.39 is 11.6 Å². The summed E-state index contributed by atoms with van der Waals surface area (Å²) in [5.74, 6) is -0.115.